The number of rotatable bonds is 5. The number of imidazole rings is 1. The average molecular weight is 484 g/mol. The second kappa shape index (κ2) is 9.67. The molecule has 2 aliphatic heterocycles. The molecule has 4 heterocycles. The van der Waals surface area contributed by atoms with Crippen LogP contribution in [0.5, 0.6) is 0 Å². The number of hydrogen-bond acceptors (Lipinski definition) is 7. The van der Waals surface area contributed by atoms with Crippen molar-refractivity contribution in [2.24, 2.45) is 5.73 Å². The summed E-state index contributed by atoms with van der Waals surface area (Å²) in [6.45, 7) is 4.56. The van der Waals surface area contributed by atoms with E-state index in [1.807, 2.05) is 17.9 Å². The fourth-order valence-corrected chi connectivity index (χ4v) is 4.54. The molecule has 2 aliphatic rings. The number of morpholine rings is 1. The lowest BCUT2D eigenvalue weighted by atomic mass is 10.0. The van der Waals surface area contributed by atoms with Crippen molar-refractivity contribution in [2.75, 3.05) is 44.3 Å². The summed E-state index contributed by atoms with van der Waals surface area (Å²) in [6, 6.07) is 8.76. The molecule has 9 nitrogen and oxygen atoms in total. The first-order chi connectivity index (χ1) is 17.0. The molecule has 1 aromatic carbocycles. The second-order valence-electron chi connectivity index (χ2n) is 8.65. The van der Waals surface area contributed by atoms with Crippen molar-refractivity contribution in [3.05, 3.63) is 47.9 Å². The van der Waals surface area contributed by atoms with E-state index in [0.29, 0.717) is 67.8 Å². The molecule has 0 radical (unpaired) electrons. The Labute approximate surface area is 201 Å². The predicted molar refractivity (Wildman–Crippen MR) is 127 cm³/mol. The normalized spacial score (nSPS) is 18.9. The van der Waals surface area contributed by atoms with Gasteiger partial charge in [0.15, 0.2) is 5.82 Å². The Morgan fingerprint density at radius 3 is 2.77 bits per heavy atom. The molecule has 0 aliphatic carbocycles. The first kappa shape index (κ1) is 23.3. The number of carbonyl (C=O) groups is 1. The van der Waals surface area contributed by atoms with Crippen molar-refractivity contribution in [2.45, 2.75) is 25.8 Å². The fourth-order valence-electron chi connectivity index (χ4n) is 4.54. The number of amides is 1. The van der Waals surface area contributed by atoms with Crippen LogP contribution in [0.2, 0.25) is 0 Å². The van der Waals surface area contributed by atoms with Crippen LogP contribution >= 0.6 is 0 Å². The molecule has 11 heteroatoms. The Balaban J connectivity index is 1.64. The number of ether oxygens (including phenoxy) is 1. The third-order valence-electron chi connectivity index (χ3n) is 6.40. The van der Waals surface area contributed by atoms with Gasteiger partial charge in [-0.2, -0.15) is 4.98 Å². The quantitative estimate of drug-likeness (QED) is 0.595. The SMILES string of the molecule is C[C@H]1COCCN1c1nc(C2=CCN(C(=O)CN)CC2)cc(-n2c(C(F)F)nc3ccccc32)n1. The van der Waals surface area contributed by atoms with E-state index >= 15 is 0 Å². The van der Waals surface area contributed by atoms with E-state index in [1.165, 1.54) is 4.57 Å². The standard InChI is InChI=1S/C24H27F2N7O2/c1-15-14-35-11-10-32(15)24-29-18(16-6-8-31(9-7-16)21(34)13-27)12-20(30-24)33-19-5-3-2-4-17(19)28-23(33)22(25)26/h2-6,12,15,22H,7-11,13-14,27H2,1H3/t15-/m0/s1. The number of fused-ring (bicyclic) bond motifs is 1. The zero-order valence-corrected chi connectivity index (χ0v) is 19.4. The van der Waals surface area contributed by atoms with Gasteiger partial charge in [0.05, 0.1) is 42.5 Å². The van der Waals surface area contributed by atoms with Crippen LogP contribution in [0.3, 0.4) is 0 Å². The van der Waals surface area contributed by atoms with E-state index in [1.54, 1.807) is 35.2 Å². The van der Waals surface area contributed by atoms with Gasteiger partial charge in [-0.1, -0.05) is 18.2 Å². The molecule has 0 saturated carbocycles. The van der Waals surface area contributed by atoms with Crippen LogP contribution in [-0.2, 0) is 9.53 Å². The largest absolute Gasteiger partial charge is 0.377 e. The van der Waals surface area contributed by atoms with Gasteiger partial charge in [-0.3, -0.25) is 9.36 Å². The van der Waals surface area contributed by atoms with Crippen LogP contribution in [0, 0.1) is 0 Å². The molecule has 184 valence electrons. The van der Waals surface area contributed by atoms with Gasteiger partial charge >= 0.3 is 0 Å². The van der Waals surface area contributed by atoms with Crippen LogP contribution in [0.4, 0.5) is 14.7 Å². The first-order valence-corrected chi connectivity index (χ1v) is 11.6. The van der Waals surface area contributed by atoms with Gasteiger partial charge in [0.2, 0.25) is 11.9 Å². The highest BCUT2D eigenvalue weighted by Gasteiger charge is 2.27. The summed E-state index contributed by atoms with van der Waals surface area (Å²) in [5.41, 5.74) is 8.09. The maximum Gasteiger partial charge on any atom is 0.296 e. The summed E-state index contributed by atoms with van der Waals surface area (Å²) < 4.78 is 35.1. The Kier molecular flexibility index (Phi) is 6.44. The van der Waals surface area contributed by atoms with E-state index in [9.17, 15) is 13.6 Å². The molecule has 0 unspecified atom stereocenters. The van der Waals surface area contributed by atoms with Crippen LogP contribution in [-0.4, -0.2) is 75.8 Å². The highest BCUT2D eigenvalue weighted by molar-refractivity contribution is 5.80. The number of benzene rings is 1. The van der Waals surface area contributed by atoms with Gasteiger partial charge in [-0.05, 0) is 31.1 Å². The first-order valence-electron chi connectivity index (χ1n) is 11.6. The fraction of sp³-hybridized carbons (Fsp3) is 0.417. The number of nitrogens with two attached hydrogens (primary N) is 1. The minimum absolute atomic E-state index is 0.0268. The lowest BCUT2D eigenvalue weighted by Gasteiger charge is -2.34. The highest BCUT2D eigenvalue weighted by Crippen LogP contribution is 2.31. The van der Waals surface area contributed by atoms with Crippen molar-refractivity contribution < 1.29 is 18.3 Å². The lowest BCUT2D eigenvalue weighted by molar-refractivity contribution is -0.129. The minimum Gasteiger partial charge on any atom is -0.377 e. The molecular formula is C24H27F2N7O2. The van der Waals surface area contributed by atoms with Gasteiger partial charge in [-0.25, -0.2) is 18.7 Å². The molecule has 1 saturated heterocycles. The zero-order chi connectivity index (χ0) is 24.5. The smallest absolute Gasteiger partial charge is 0.296 e. The Morgan fingerprint density at radius 1 is 1.23 bits per heavy atom. The van der Waals surface area contributed by atoms with Gasteiger partial charge < -0.3 is 20.3 Å². The third-order valence-corrected chi connectivity index (χ3v) is 6.40. The van der Waals surface area contributed by atoms with E-state index in [0.717, 1.165) is 5.57 Å². The number of hydrogen-bond donors (Lipinski definition) is 1. The van der Waals surface area contributed by atoms with Crippen molar-refractivity contribution >= 4 is 28.5 Å². The van der Waals surface area contributed by atoms with Gasteiger partial charge in [0.1, 0.15) is 5.82 Å². The van der Waals surface area contributed by atoms with Gasteiger partial charge in [0, 0.05) is 25.7 Å². The summed E-state index contributed by atoms with van der Waals surface area (Å²) in [7, 11) is 0. The lowest BCUT2D eigenvalue weighted by Crippen LogP contribution is -2.44. The highest BCUT2D eigenvalue weighted by atomic mass is 19.3. The number of carbonyl (C=O) groups excluding carboxylic acids is 1. The van der Waals surface area contributed by atoms with Crippen LogP contribution in [0.1, 0.15) is 31.3 Å². The van der Waals surface area contributed by atoms with E-state index in [-0.39, 0.29) is 24.3 Å². The zero-order valence-electron chi connectivity index (χ0n) is 19.4. The molecule has 3 aromatic rings. The Bertz CT molecular complexity index is 1280. The molecule has 1 amide bonds. The second-order valence-corrected chi connectivity index (χ2v) is 8.65. The van der Waals surface area contributed by atoms with Gasteiger partial charge in [0.25, 0.3) is 6.43 Å². The van der Waals surface area contributed by atoms with Crippen LogP contribution in [0.15, 0.2) is 36.4 Å². The number of alkyl halides is 2. The summed E-state index contributed by atoms with van der Waals surface area (Å²) in [6.07, 6.45) is -0.265. The molecule has 1 fully saturated rings. The Hall–Kier alpha value is -3.44. The monoisotopic (exact) mass is 483 g/mol. The van der Waals surface area contributed by atoms with Gasteiger partial charge in [-0.15, -0.1) is 0 Å². The van der Waals surface area contributed by atoms with Crippen LogP contribution < -0.4 is 10.6 Å². The molecular weight excluding hydrogens is 456 g/mol. The summed E-state index contributed by atoms with van der Waals surface area (Å²) in [4.78, 5) is 29.4. The molecule has 2 aromatic heterocycles. The van der Waals surface area contributed by atoms with Crippen LogP contribution in [0.25, 0.3) is 22.4 Å². The van der Waals surface area contributed by atoms with E-state index in [2.05, 4.69) is 4.98 Å². The van der Waals surface area contributed by atoms with Crippen molar-refractivity contribution in [3.63, 3.8) is 0 Å². The van der Waals surface area contributed by atoms with Crippen molar-refractivity contribution in [1.29, 1.82) is 0 Å². The summed E-state index contributed by atoms with van der Waals surface area (Å²) in [5.74, 6) is 0.300. The number of para-hydroxylation sites is 2. The van der Waals surface area contributed by atoms with Crippen molar-refractivity contribution in [3.8, 4) is 5.82 Å². The third kappa shape index (κ3) is 4.48. The number of halogens is 2. The summed E-state index contributed by atoms with van der Waals surface area (Å²) >= 11 is 0. The maximum atomic E-state index is 14.1. The Morgan fingerprint density at radius 2 is 2.06 bits per heavy atom. The summed E-state index contributed by atoms with van der Waals surface area (Å²) in [5, 5.41) is 0. The molecule has 1 atom stereocenters. The topological polar surface area (TPSA) is 102 Å². The molecule has 2 N–H and O–H groups in total. The average Bonchev–Trinajstić information content (AvgIpc) is 3.28. The van der Waals surface area contributed by atoms with E-state index in [4.69, 9.17) is 20.4 Å². The predicted octanol–water partition coefficient (Wildman–Crippen LogP) is 2.55. The minimum atomic E-state index is -2.78. The maximum absolute atomic E-state index is 14.1. The number of aromatic nitrogens is 4. The molecule has 0 spiro atoms. The van der Waals surface area contributed by atoms with E-state index < -0.39 is 6.43 Å². The molecule has 0 bridgehead atoms. The molecule has 35 heavy (non-hydrogen) atoms. The molecule has 5 rings (SSSR count). The number of nitrogens with zero attached hydrogens (tertiary/aromatic N) is 6. The van der Waals surface area contributed by atoms with Crippen molar-refractivity contribution in [1.82, 2.24) is 24.4 Å². The number of anilines is 1.